The van der Waals surface area contributed by atoms with E-state index in [9.17, 15) is 39.8 Å². The number of carbonyl (C=O) groups is 1. The minimum absolute atomic E-state index is 0.0726. The number of aliphatic hydroxyl groups is 5. The summed E-state index contributed by atoms with van der Waals surface area (Å²) in [5, 5.41) is 50.4. The van der Waals surface area contributed by atoms with E-state index in [0.717, 1.165) is 38.5 Å². The molecule has 67 heavy (non-hydrogen) atoms. The van der Waals surface area contributed by atoms with E-state index in [4.69, 9.17) is 18.5 Å². The molecule has 0 aromatic carbocycles. The minimum atomic E-state index is -5.02. The summed E-state index contributed by atoms with van der Waals surface area (Å²) in [6.45, 7) is 4.31. The topological polar surface area (TPSA) is 192 Å². The molecule has 6 unspecified atom stereocenters. The van der Waals surface area contributed by atoms with Gasteiger partial charge in [0, 0.05) is 13.0 Å². The molecule has 398 valence electrons. The van der Waals surface area contributed by atoms with Crippen molar-refractivity contribution < 1.29 is 58.3 Å². The fraction of sp³-hybridized carbons (Fsp3) is 0.944. The Hall–Kier alpha value is -0.920. The molecule has 0 aromatic rings. The van der Waals surface area contributed by atoms with Crippen LogP contribution in [0.5, 0.6) is 0 Å². The second-order valence-electron chi connectivity index (χ2n) is 19.8. The van der Waals surface area contributed by atoms with E-state index in [1.165, 1.54) is 199 Å². The molecule has 1 aliphatic rings. The number of phosphoric acid groups is 1. The van der Waals surface area contributed by atoms with E-state index in [1.807, 2.05) is 0 Å². The molecule has 1 fully saturated rings. The molecule has 1 rings (SSSR count). The van der Waals surface area contributed by atoms with Crippen LogP contribution in [0.25, 0.3) is 0 Å². The molecule has 0 amide bonds. The van der Waals surface area contributed by atoms with Crippen molar-refractivity contribution in [2.24, 2.45) is 0 Å². The van der Waals surface area contributed by atoms with Crippen molar-refractivity contribution in [2.45, 2.75) is 307 Å². The van der Waals surface area contributed by atoms with Crippen molar-refractivity contribution in [3.8, 4) is 0 Å². The van der Waals surface area contributed by atoms with Crippen LogP contribution in [0.15, 0.2) is 12.2 Å². The Bertz CT molecular complexity index is 1160. The van der Waals surface area contributed by atoms with Crippen molar-refractivity contribution >= 4 is 13.8 Å². The molecular formula is C54H105O12P. The summed E-state index contributed by atoms with van der Waals surface area (Å²) in [5.41, 5.74) is 0. The number of carbonyl (C=O) groups excluding carboxylic acids is 1. The summed E-state index contributed by atoms with van der Waals surface area (Å²) in [4.78, 5) is 23.3. The van der Waals surface area contributed by atoms with Crippen LogP contribution in [0.3, 0.4) is 0 Å². The number of unbranched alkanes of at least 4 members (excludes halogenated alkanes) is 35. The number of ether oxygens (including phenoxy) is 2. The minimum Gasteiger partial charge on any atom is -0.457 e. The van der Waals surface area contributed by atoms with Crippen molar-refractivity contribution in [1.82, 2.24) is 0 Å². The molecule has 0 saturated heterocycles. The quantitative estimate of drug-likeness (QED) is 0.0146. The first kappa shape index (κ1) is 64.1. The summed E-state index contributed by atoms with van der Waals surface area (Å²) in [5.74, 6) is -0.471. The summed E-state index contributed by atoms with van der Waals surface area (Å²) >= 11 is 0. The molecule has 12 nitrogen and oxygen atoms in total. The largest absolute Gasteiger partial charge is 0.472 e. The summed E-state index contributed by atoms with van der Waals surface area (Å²) < 4.78 is 34.4. The fourth-order valence-corrected chi connectivity index (χ4v) is 9.91. The van der Waals surface area contributed by atoms with Crippen LogP contribution in [0.4, 0.5) is 0 Å². The van der Waals surface area contributed by atoms with Gasteiger partial charge in [0.2, 0.25) is 0 Å². The highest BCUT2D eigenvalue weighted by molar-refractivity contribution is 7.47. The Balaban J connectivity index is 2.28. The average Bonchev–Trinajstić information content (AvgIpc) is 3.31. The van der Waals surface area contributed by atoms with E-state index < -0.39 is 63.1 Å². The molecule has 0 aromatic heterocycles. The molecule has 0 spiro atoms. The summed E-state index contributed by atoms with van der Waals surface area (Å²) in [6, 6.07) is 0. The van der Waals surface area contributed by atoms with Gasteiger partial charge < -0.3 is 39.9 Å². The lowest BCUT2D eigenvalue weighted by molar-refractivity contribution is -0.220. The number of phosphoric ester groups is 1. The maximum absolute atomic E-state index is 12.9. The van der Waals surface area contributed by atoms with Crippen LogP contribution in [0, 0.1) is 0 Å². The molecule has 13 heteroatoms. The summed E-state index contributed by atoms with van der Waals surface area (Å²) in [6.07, 6.45) is 39.9. The Kier molecular flexibility index (Phi) is 43.0. The van der Waals surface area contributed by atoms with E-state index in [-0.39, 0.29) is 13.0 Å². The zero-order valence-electron chi connectivity index (χ0n) is 43.0. The summed E-state index contributed by atoms with van der Waals surface area (Å²) in [7, 11) is -5.02. The first-order valence-electron chi connectivity index (χ1n) is 28.0. The zero-order valence-corrected chi connectivity index (χ0v) is 43.9. The SMILES string of the molecule is CCCCCCCC/C=C\CCCCCCCCCCOCC(COP(=O)(O)OC1C(O)C(O)C(O)C(O)C1O)OC(=O)CCCCCCCCCCCCCCCCCCCCCCCC. The number of hydrogen-bond acceptors (Lipinski definition) is 11. The standard InChI is InChI=1S/C54H105O12P/c1-3-5-7-9-11-13-15-17-19-21-23-24-25-26-27-29-31-33-35-37-39-41-43-48(55)65-47(46-64-67(61,62)66-54-52(59)50(57)49(56)51(58)53(54)60)45-63-44-42-40-38-36-34-32-30-28-22-20-18-16-14-12-10-8-6-4-2/h18,20,47,49-54,56-60H,3-17,19,21-46H2,1-2H3,(H,61,62)/b20-18-. The van der Waals surface area contributed by atoms with Crippen LogP contribution in [-0.2, 0) is 27.9 Å². The van der Waals surface area contributed by atoms with Crippen LogP contribution in [0.1, 0.15) is 264 Å². The monoisotopic (exact) mass is 977 g/mol. The third-order valence-electron chi connectivity index (χ3n) is 13.4. The number of rotatable bonds is 49. The predicted molar refractivity (Wildman–Crippen MR) is 272 cm³/mol. The molecule has 1 saturated carbocycles. The van der Waals surface area contributed by atoms with Crippen LogP contribution >= 0.6 is 7.82 Å². The van der Waals surface area contributed by atoms with Gasteiger partial charge in [-0.2, -0.15) is 0 Å². The molecule has 6 atom stereocenters. The van der Waals surface area contributed by atoms with Gasteiger partial charge in [-0.1, -0.05) is 231 Å². The maximum atomic E-state index is 12.9. The number of esters is 1. The molecule has 0 aliphatic heterocycles. The van der Waals surface area contributed by atoms with Crippen molar-refractivity contribution in [3.05, 3.63) is 12.2 Å². The molecule has 1 aliphatic carbocycles. The Morgan fingerprint density at radius 2 is 0.791 bits per heavy atom. The highest BCUT2D eigenvalue weighted by atomic mass is 31.2. The molecule has 0 heterocycles. The Labute approximate surface area is 409 Å². The number of allylic oxidation sites excluding steroid dienone is 2. The van der Waals surface area contributed by atoms with Crippen molar-refractivity contribution in [2.75, 3.05) is 19.8 Å². The first-order valence-corrected chi connectivity index (χ1v) is 29.5. The van der Waals surface area contributed by atoms with E-state index in [1.54, 1.807) is 0 Å². The first-order chi connectivity index (χ1) is 32.5. The van der Waals surface area contributed by atoms with Gasteiger partial charge in [0.05, 0.1) is 13.2 Å². The normalized spacial score (nSPS) is 21.3. The van der Waals surface area contributed by atoms with E-state index in [2.05, 4.69) is 26.0 Å². The second kappa shape index (κ2) is 45.0. The van der Waals surface area contributed by atoms with Gasteiger partial charge in [0.15, 0.2) is 0 Å². The van der Waals surface area contributed by atoms with E-state index in [0.29, 0.717) is 13.0 Å². The molecule has 6 N–H and O–H groups in total. The van der Waals surface area contributed by atoms with Crippen molar-refractivity contribution in [1.29, 1.82) is 0 Å². The maximum Gasteiger partial charge on any atom is 0.472 e. The molecular weight excluding hydrogens is 872 g/mol. The van der Waals surface area contributed by atoms with Gasteiger partial charge in [-0.05, 0) is 38.5 Å². The molecule has 0 bridgehead atoms. The van der Waals surface area contributed by atoms with Crippen LogP contribution < -0.4 is 0 Å². The Morgan fingerprint density at radius 3 is 1.18 bits per heavy atom. The predicted octanol–water partition coefficient (Wildman–Crippen LogP) is 13.0. The average molecular weight is 977 g/mol. The fourth-order valence-electron chi connectivity index (χ4n) is 8.94. The van der Waals surface area contributed by atoms with Gasteiger partial charge in [-0.3, -0.25) is 13.8 Å². The van der Waals surface area contributed by atoms with Gasteiger partial charge in [0.25, 0.3) is 0 Å². The van der Waals surface area contributed by atoms with E-state index >= 15 is 0 Å². The van der Waals surface area contributed by atoms with Gasteiger partial charge in [-0.15, -0.1) is 0 Å². The second-order valence-corrected chi connectivity index (χ2v) is 21.2. The Morgan fingerprint density at radius 1 is 0.463 bits per heavy atom. The third-order valence-corrected chi connectivity index (χ3v) is 14.4. The molecule has 0 radical (unpaired) electrons. The highest BCUT2D eigenvalue weighted by Gasteiger charge is 2.51. The van der Waals surface area contributed by atoms with Crippen LogP contribution in [0.2, 0.25) is 0 Å². The van der Waals surface area contributed by atoms with Gasteiger partial charge in [0.1, 0.15) is 42.7 Å². The van der Waals surface area contributed by atoms with Crippen molar-refractivity contribution in [3.63, 3.8) is 0 Å². The third kappa shape index (κ3) is 36.6. The lowest BCUT2D eigenvalue weighted by Crippen LogP contribution is -2.64. The number of aliphatic hydroxyl groups excluding tert-OH is 5. The number of hydrogen-bond donors (Lipinski definition) is 6. The highest BCUT2D eigenvalue weighted by Crippen LogP contribution is 2.47. The van der Waals surface area contributed by atoms with Crippen LogP contribution in [-0.4, -0.2) is 98.9 Å². The van der Waals surface area contributed by atoms with Gasteiger partial charge in [-0.25, -0.2) is 4.57 Å². The van der Waals surface area contributed by atoms with Gasteiger partial charge >= 0.3 is 13.8 Å². The smallest absolute Gasteiger partial charge is 0.457 e. The zero-order chi connectivity index (χ0) is 49.1. The lowest BCUT2D eigenvalue weighted by atomic mass is 9.85. The lowest BCUT2D eigenvalue weighted by Gasteiger charge is -2.41.